The van der Waals surface area contributed by atoms with E-state index in [1.165, 1.54) is 6.07 Å². The lowest BCUT2D eigenvalue weighted by Gasteiger charge is -2.35. The molecule has 0 N–H and O–H groups in total. The number of nitrogens with zero attached hydrogens (tertiary/aromatic N) is 6. The summed E-state index contributed by atoms with van der Waals surface area (Å²) < 4.78 is 0. The van der Waals surface area contributed by atoms with Crippen LogP contribution in [0.5, 0.6) is 0 Å². The highest BCUT2D eigenvalue weighted by atomic mass is 16.6. The molecule has 8 nitrogen and oxygen atoms in total. The maximum atomic E-state index is 10.9. The normalized spacial score (nSPS) is 14.9. The van der Waals surface area contributed by atoms with E-state index in [1.807, 2.05) is 19.9 Å². The Morgan fingerprint density at radius 1 is 1.23 bits per heavy atom. The van der Waals surface area contributed by atoms with Gasteiger partial charge in [0.1, 0.15) is 11.6 Å². The molecule has 1 aromatic carbocycles. The third kappa shape index (κ3) is 3.63. The molecule has 0 radical (unpaired) electrons. The highest BCUT2D eigenvalue weighted by Crippen LogP contribution is 2.23. The summed E-state index contributed by atoms with van der Waals surface area (Å²) in [6.45, 7) is 7.47. The van der Waals surface area contributed by atoms with Gasteiger partial charge >= 0.3 is 0 Å². The SMILES string of the molecule is Cc1nnc(N2CCN(Cc3cccc([N+](=O)[O-])c3)CC2)c(C#N)c1C. The number of rotatable bonds is 4. The van der Waals surface area contributed by atoms with Gasteiger partial charge in [0.25, 0.3) is 5.69 Å². The maximum absolute atomic E-state index is 10.9. The van der Waals surface area contributed by atoms with Crippen molar-refractivity contribution >= 4 is 11.5 Å². The Labute approximate surface area is 151 Å². The van der Waals surface area contributed by atoms with E-state index in [-0.39, 0.29) is 10.6 Å². The van der Waals surface area contributed by atoms with Crippen LogP contribution in [0.15, 0.2) is 24.3 Å². The molecule has 8 heteroatoms. The summed E-state index contributed by atoms with van der Waals surface area (Å²) >= 11 is 0. The van der Waals surface area contributed by atoms with E-state index in [0.717, 1.165) is 43.0 Å². The lowest BCUT2D eigenvalue weighted by molar-refractivity contribution is -0.384. The summed E-state index contributed by atoms with van der Waals surface area (Å²) in [6.07, 6.45) is 0. The zero-order chi connectivity index (χ0) is 18.7. The second-order valence-corrected chi connectivity index (χ2v) is 6.41. The van der Waals surface area contributed by atoms with Crippen LogP contribution in [-0.4, -0.2) is 46.2 Å². The van der Waals surface area contributed by atoms with Crippen LogP contribution in [0.4, 0.5) is 11.5 Å². The number of piperazine rings is 1. The molecule has 0 amide bonds. The van der Waals surface area contributed by atoms with Crippen molar-refractivity contribution in [3.8, 4) is 6.07 Å². The van der Waals surface area contributed by atoms with Gasteiger partial charge in [-0.1, -0.05) is 12.1 Å². The van der Waals surface area contributed by atoms with Gasteiger partial charge in [-0.15, -0.1) is 5.10 Å². The number of aryl methyl sites for hydroxylation is 1. The van der Waals surface area contributed by atoms with Crippen LogP contribution in [0.2, 0.25) is 0 Å². The molecule has 134 valence electrons. The highest BCUT2D eigenvalue weighted by Gasteiger charge is 2.22. The number of non-ortho nitro benzene ring substituents is 1. The minimum atomic E-state index is -0.372. The predicted octanol–water partition coefficient (Wildman–Crippen LogP) is 2.20. The molecule has 1 aliphatic heterocycles. The number of nitriles is 1. The Balaban J connectivity index is 1.67. The van der Waals surface area contributed by atoms with Gasteiger partial charge in [0.05, 0.1) is 10.6 Å². The van der Waals surface area contributed by atoms with Crippen molar-refractivity contribution in [3.63, 3.8) is 0 Å². The molecule has 0 bridgehead atoms. The van der Waals surface area contributed by atoms with Crippen molar-refractivity contribution in [1.29, 1.82) is 5.26 Å². The molecule has 0 unspecified atom stereocenters. The molecule has 1 aliphatic rings. The molecule has 1 saturated heterocycles. The fourth-order valence-electron chi connectivity index (χ4n) is 3.10. The molecule has 3 rings (SSSR count). The monoisotopic (exact) mass is 352 g/mol. The van der Waals surface area contributed by atoms with Crippen molar-refractivity contribution in [2.24, 2.45) is 0 Å². The average Bonchev–Trinajstić information content (AvgIpc) is 2.65. The summed E-state index contributed by atoms with van der Waals surface area (Å²) in [4.78, 5) is 14.9. The fraction of sp³-hybridized carbons (Fsp3) is 0.389. The Bertz CT molecular complexity index is 868. The van der Waals surface area contributed by atoms with Crippen molar-refractivity contribution in [3.05, 3.63) is 56.8 Å². The van der Waals surface area contributed by atoms with Crippen LogP contribution in [-0.2, 0) is 6.54 Å². The number of anilines is 1. The topological polar surface area (TPSA) is 99.2 Å². The minimum absolute atomic E-state index is 0.116. The molecule has 26 heavy (non-hydrogen) atoms. The zero-order valence-corrected chi connectivity index (χ0v) is 14.8. The fourth-order valence-corrected chi connectivity index (χ4v) is 3.10. The number of hydrogen-bond donors (Lipinski definition) is 0. The Morgan fingerprint density at radius 2 is 1.96 bits per heavy atom. The summed E-state index contributed by atoms with van der Waals surface area (Å²) in [5.74, 6) is 0.644. The number of nitro groups is 1. The third-order valence-electron chi connectivity index (χ3n) is 4.75. The van der Waals surface area contributed by atoms with Crippen LogP contribution >= 0.6 is 0 Å². The second kappa shape index (κ2) is 7.45. The minimum Gasteiger partial charge on any atom is -0.351 e. The van der Waals surface area contributed by atoms with Crippen molar-refractivity contribution < 1.29 is 4.92 Å². The average molecular weight is 352 g/mol. The van der Waals surface area contributed by atoms with E-state index in [0.29, 0.717) is 17.9 Å². The van der Waals surface area contributed by atoms with Crippen LogP contribution < -0.4 is 4.90 Å². The first-order chi connectivity index (χ1) is 12.5. The van der Waals surface area contributed by atoms with Gasteiger partial charge in [0.2, 0.25) is 0 Å². The van der Waals surface area contributed by atoms with E-state index in [4.69, 9.17) is 0 Å². The number of nitro benzene ring substituents is 1. The summed E-state index contributed by atoms with van der Waals surface area (Å²) in [6, 6.07) is 8.99. The summed E-state index contributed by atoms with van der Waals surface area (Å²) in [5, 5.41) is 28.8. The first-order valence-corrected chi connectivity index (χ1v) is 8.44. The number of aromatic nitrogens is 2. The van der Waals surface area contributed by atoms with Crippen molar-refractivity contribution in [2.45, 2.75) is 20.4 Å². The van der Waals surface area contributed by atoms with Gasteiger partial charge in [-0.3, -0.25) is 15.0 Å². The quantitative estimate of drug-likeness (QED) is 0.614. The zero-order valence-electron chi connectivity index (χ0n) is 14.8. The largest absolute Gasteiger partial charge is 0.351 e. The van der Waals surface area contributed by atoms with Crippen LogP contribution in [0, 0.1) is 35.3 Å². The Morgan fingerprint density at radius 3 is 2.62 bits per heavy atom. The number of benzene rings is 1. The van der Waals surface area contributed by atoms with Gasteiger partial charge in [0.15, 0.2) is 5.82 Å². The lowest BCUT2D eigenvalue weighted by atomic mass is 10.1. The second-order valence-electron chi connectivity index (χ2n) is 6.41. The first-order valence-electron chi connectivity index (χ1n) is 8.44. The molecule has 1 aromatic heterocycles. The Hall–Kier alpha value is -3.05. The molecule has 1 fully saturated rings. The molecule has 0 saturated carbocycles. The van der Waals surface area contributed by atoms with Gasteiger partial charge in [-0.2, -0.15) is 10.4 Å². The van der Waals surface area contributed by atoms with E-state index < -0.39 is 0 Å². The van der Waals surface area contributed by atoms with Gasteiger partial charge in [-0.25, -0.2) is 0 Å². The molecule has 0 aliphatic carbocycles. The molecule has 2 heterocycles. The van der Waals surface area contributed by atoms with E-state index in [9.17, 15) is 15.4 Å². The third-order valence-corrected chi connectivity index (χ3v) is 4.75. The molecule has 0 spiro atoms. The summed E-state index contributed by atoms with van der Waals surface area (Å²) in [5.41, 5.74) is 3.28. The standard InChI is InChI=1S/C18H20N6O2/c1-13-14(2)20-21-18(17(13)11-19)23-8-6-22(7-9-23)12-15-4-3-5-16(10-15)24(25)26/h3-5,10H,6-9,12H2,1-2H3. The van der Waals surface area contributed by atoms with E-state index >= 15 is 0 Å². The smallest absolute Gasteiger partial charge is 0.269 e. The first kappa shape index (κ1) is 17.8. The van der Waals surface area contributed by atoms with Gasteiger partial charge in [0, 0.05) is 44.9 Å². The lowest BCUT2D eigenvalue weighted by Crippen LogP contribution is -2.46. The van der Waals surface area contributed by atoms with E-state index in [2.05, 4.69) is 26.1 Å². The highest BCUT2D eigenvalue weighted by molar-refractivity contribution is 5.57. The van der Waals surface area contributed by atoms with Crippen molar-refractivity contribution in [1.82, 2.24) is 15.1 Å². The maximum Gasteiger partial charge on any atom is 0.269 e. The predicted molar refractivity (Wildman–Crippen MR) is 96.8 cm³/mol. The van der Waals surface area contributed by atoms with Gasteiger partial charge in [-0.05, 0) is 25.0 Å². The van der Waals surface area contributed by atoms with E-state index in [1.54, 1.807) is 12.1 Å². The van der Waals surface area contributed by atoms with Crippen LogP contribution in [0.1, 0.15) is 22.4 Å². The Kier molecular flexibility index (Phi) is 5.09. The molecular weight excluding hydrogens is 332 g/mol. The van der Waals surface area contributed by atoms with Crippen molar-refractivity contribution in [2.75, 3.05) is 31.1 Å². The van der Waals surface area contributed by atoms with Crippen LogP contribution in [0.3, 0.4) is 0 Å². The van der Waals surface area contributed by atoms with Crippen LogP contribution in [0.25, 0.3) is 0 Å². The molecule has 2 aromatic rings. The molecule has 0 atom stereocenters. The number of hydrogen-bond acceptors (Lipinski definition) is 7. The van der Waals surface area contributed by atoms with Gasteiger partial charge < -0.3 is 4.90 Å². The molecular formula is C18H20N6O2. The summed E-state index contributed by atoms with van der Waals surface area (Å²) in [7, 11) is 0.